The Bertz CT molecular complexity index is 552. The maximum atomic E-state index is 13.3. The van der Waals surface area contributed by atoms with Crippen molar-refractivity contribution in [3.05, 3.63) is 63.9 Å². The van der Waals surface area contributed by atoms with E-state index in [1.807, 2.05) is 0 Å². The van der Waals surface area contributed by atoms with Gasteiger partial charge in [0.15, 0.2) is 0 Å². The zero-order valence-electron chi connectivity index (χ0n) is 9.09. The third kappa shape index (κ3) is 2.85. The molecule has 0 N–H and O–H groups in total. The Hall–Kier alpha value is -1.49. The van der Waals surface area contributed by atoms with E-state index < -0.39 is 17.5 Å². The van der Waals surface area contributed by atoms with Crippen LogP contribution in [0.3, 0.4) is 0 Å². The molecule has 0 heterocycles. The van der Waals surface area contributed by atoms with E-state index in [9.17, 15) is 13.2 Å². The molecule has 1 nitrogen and oxygen atoms in total. The standard InChI is InChI=1S/C13H8BrF3O/c14-10-6-8(15)4-5-13(10)18-7-9-11(16)2-1-3-12(9)17/h1-6H,7H2. The van der Waals surface area contributed by atoms with Gasteiger partial charge in [-0.15, -0.1) is 0 Å². The first kappa shape index (κ1) is 13.0. The van der Waals surface area contributed by atoms with Crippen LogP contribution in [0, 0.1) is 17.5 Å². The van der Waals surface area contributed by atoms with E-state index in [1.165, 1.54) is 24.3 Å². The third-order valence-corrected chi connectivity index (χ3v) is 2.95. The lowest BCUT2D eigenvalue weighted by molar-refractivity contribution is 0.290. The summed E-state index contributed by atoms with van der Waals surface area (Å²) in [4.78, 5) is 0. The van der Waals surface area contributed by atoms with E-state index in [0.717, 1.165) is 12.1 Å². The highest BCUT2D eigenvalue weighted by atomic mass is 79.9. The summed E-state index contributed by atoms with van der Waals surface area (Å²) in [5.74, 6) is -1.45. The van der Waals surface area contributed by atoms with Crippen molar-refractivity contribution in [2.45, 2.75) is 6.61 Å². The number of rotatable bonds is 3. The molecule has 0 saturated heterocycles. The second kappa shape index (κ2) is 5.44. The minimum Gasteiger partial charge on any atom is -0.488 e. The fourth-order valence-corrected chi connectivity index (χ4v) is 1.88. The molecule has 0 aromatic heterocycles. The first-order valence-corrected chi connectivity index (χ1v) is 5.88. The van der Waals surface area contributed by atoms with Crippen molar-refractivity contribution in [3.63, 3.8) is 0 Å². The summed E-state index contributed by atoms with van der Waals surface area (Å²) < 4.78 is 45.1. The van der Waals surface area contributed by atoms with Gasteiger partial charge >= 0.3 is 0 Å². The topological polar surface area (TPSA) is 9.23 Å². The normalized spacial score (nSPS) is 10.4. The van der Waals surface area contributed by atoms with Gasteiger partial charge in [0.05, 0.1) is 10.0 Å². The molecule has 0 saturated carbocycles. The van der Waals surface area contributed by atoms with Crippen LogP contribution in [0.5, 0.6) is 5.75 Å². The van der Waals surface area contributed by atoms with E-state index in [-0.39, 0.29) is 12.2 Å². The summed E-state index contributed by atoms with van der Waals surface area (Å²) in [7, 11) is 0. The smallest absolute Gasteiger partial charge is 0.134 e. The predicted octanol–water partition coefficient (Wildman–Crippen LogP) is 4.45. The van der Waals surface area contributed by atoms with E-state index in [4.69, 9.17) is 4.74 Å². The van der Waals surface area contributed by atoms with E-state index in [2.05, 4.69) is 15.9 Å². The fourth-order valence-electron chi connectivity index (χ4n) is 1.41. The minimum atomic E-state index is -0.673. The van der Waals surface area contributed by atoms with Crippen molar-refractivity contribution in [1.29, 1.82) is 0 Å². The second-order valence-corrected chi connectivity index (χ2v) is 4.42. The SMILES string of the molecule is Fc1ccc(OCc2c(F)cccc2F)c(Br)c1. The van der Waals surface area contributed by atoms with Gasteiger partial charge < -0.3 is 4.74 Å². The first-order valence-electron chi connectivity index (χ1n) is 5.08. The molecule has 0 amide bonds. The molecule has 0 aliphatic heterocycles. The number of hydrogen-bond acceptors (Lipinski definition) is 1. The Morgan fingerprint density at radius 2 is 1.67 bits per heavy atom. The average molecular weight is 317 g/mol. The number of benzene rings is 2. The lowest BCUT2D eigenvalue weighted by Crippen LogP contribution is -2.02. The molecular weight excluding hydrogens is 309 g/mol. The van der Waals surface area contributed by atoms with E-state index >= 15 is 0 Å². The Morgan fingerprint density at radius 3 is 2.28 bits per heavy atom. The molecule has 0 aliphatic carbocycles. The first-order chi connectivity index (χ1) is 8.58. The lowest BCUT2D eigenvalue weighted by atomic mass is 10.2. The molecule has 2 rings (SSSR count). The van der Waals surface area contributed by atoms with Gasteiger partial charge in [-0.1, -0.05) is 6.07 Å². The number of ether oxygens (including phenoxy) is 1. The maximum absolute atomic E-state index is 13.3. The van der Waals surface area contributed by atoms with Crippen LogP contribution < -0.4 is 4.74 Å². The monoisotopic (exact) mass is 316 g/mol. The van der Waals surface area contributed by atoms with Crippen LogP contribution in [0.4, 0.5) is 13.2 Å². The molecule has 0 spiro atoms. The van der Waals surface area contributed by atoms with Gasteiger partial charge in [0, 0.05) is 0 Å². The fraction of sp³-hybridized carbons (Fsp3) is 0.0769. The highest BCUT2D eigenvalue weighted by Crippen LogP contribution is 2.26. The Morgan fingerprint density at radius 1 is 1.00 bits per heavy atom. The predicted molar refractivity (Wildman–Crippen MR) is 64.8 cm³/mol. The molecule has 0 aliphatic rings. The summed E-state index contributed by atoms with van der Waals surface area (Å²) in [6.45, 7) is -0.261. The number of hydrogen-bond donors (Lipinski definition) is 0. The van der Waals surface area contributed by atoms with Crippen LogP contribution in [-0.2, 0) is 6.61 Å². The zero-order chi connectivity index (χ0) is 13.1. The quantitative estimate of drug-likeness (QED) is 0.813. The lowest BCUT2D eigenvalue weighted by Gasteiger charge is -2.09. The van der Waals surface area contributed by atoms with Crippen LogP contribution in [0.25, 0.3) is 0 Å². The third-order valence-electron chi connectivity index (χ3n) is 2.33. The molecule has 18 heavy (non-hydrogen) atoms. The Balaban J connectivity index is 2.16. The van der Waals surface area contributed by atoms with Gasteiger partial charge in [-0.05, 0) is 46.3 Å². The minimum absolute atomic E-state index is 0.159. The molecule has 2 aromatic carbocycles. The second-order valence-electron chi connectivity index (χ2n) is 3.56. The number of halogens is 4. The van der Waals surface area contributed by atoms with Crippen LogP contribution in [0.15, 0.2) is 40.9 Å². The van der Waals surface area contributed by atoms with E-state index in [0.29, 0.717) is 10.2 Å². The van der Waals surface area contributed by atoms with Gasteiger partial charge in [-0.3, -0.25) is 0 Å². The molecule has 0 radical (unpaired) electrons. The van der Waals surface area contributed by atoms with Crippen molar-refractivity contribution in [2.75, 3.05) is 0 Å². The molecule has 0 atom stereocenters. The van der Waals surface area contributed by atoms with Crippen molar-refractivity contribution in [2.24, 2.45) is 0 Å². The molecule has 2 aromatic rings. The molecule has 0 bridgehead atoms. The molecule has 94 valence electrons. The van der Waals surface area contributed by atoms with Gasteiger partial charge in [-0.2, -0.15) is 0 Å². The molecular formula is C13H8BrF3O. The van der Waals surface area contributed by atoms with Crippen LogP contribution in [0.2, 0.25) is 0 Å². The summed E-state index contributed by atoms with van der Waals surface area (Å²) >= 11 is 3.11. The van der Waals surface area contributed by atoms with Gasteiger partial charge in [0.2, 0.25) is 0 Å². The van der Waals surface area contributed by atoms with Crippen molar-refractivity contribution in [1.82, 2.24) is 0 Å². The largest absolute Gasteiger partial charge is 0.488 e. The summed E-state index contributed by atoms with van der Waals surface area (Å²) in [6, 6.07) is 7.40. The highest BCUT2D eigenvalue weighted by molar-refractivity contribution is 9.10. The van der Waals surface area contributed by atoms with Crippen LogP contribution >= 0.6 is 15.9 Å². The maximum Gasteiger partial charge on any atom is 0.134 e. The van der Waals surface area contributed by atoms with Gasteiger partial charge in [0.1, 0.15) is 29.8 Å². The van der Waals surface area contributed by atoms with Crippen LogP contribution in [0.1, 0.15) is 5.56 Å². The zero-order valence-corrected chi connectivity index (χ0v) is 10.7. The van der Waals surface area contributed by atoms with Crippen LogP contribution in [-0.4, -0.2) is 0 Å². The summed E-state index contributed by atoms with van der Waals surface area (Å²) in [6.07, 6.45) is 0. The summed E-state index contributed by atoms with van der Waals surface area (Å²) in [5, 5.41) is 0. The van der Waals surface area contributed by atoms with Crippen molar-refractivity contribution < 1.29 is 17.9 Å². The molecule has 0 unspecified atom stereocenters. The average Bonchev–Trinajstić information content (AvgIpc) is 2.31. The molecule has 0 fully saturated rings. The van der Waals surface area contributed by atoms with Gasteiger partial charge in [-0.25, -0.2) is 13.2 Å². The Kier molecular flexibility index (Phi) is 3.91. The Labute approximate surface area is 110 Å². The molecule has 5 heteroatoms. The van der Waals surface area contributed by atoms with Crippen molar-refractivity contribution in [3.8, 4) is 5.75 Å². The summed E-state index contributed by atoms with van der Waals surface area (Å²) in [5.41, 5.74) is -0.159. The van der Waals surface area contributed by atoms with Gasteiger partial charge in [0.25, 0.3) is 0 Å². The highest BCUT2D eigenvalue weighted by Gasteiger charge is 2.10. The van der Waals surface area contributed by atoms with Crippen molar-refractivity contribution >= 4 is 15.9 Å². The van der Waals surface area contributed by atoms with E-state index in [1.54, 1.807) is 0 Å².